The maximum atomic E-state index is 13.2. The van der Waals surface area contributed by atoms with E-state index < -0.39 is 11.9 Å². The summed E-state index contributed by atoms with van der Waals surface area (Å²) in [6.45, 7) is 3.85. The van der Waals surface area contributed by atoms with Gasteiger partial charge in [0.25, 0.3) is 0 Å². The van der Waals surface area contributed by atoms with Gasteiger partial charge < -0.3 is 11.1 Å². The van der Waals surface area contributed by atoms with E-state index in [2.05, 4.69) is 5.32 Å². The van der Waals surface area contributed by atoms with Crippen LogP contribution in [0.15, 0.2) is 24.3 Å². The molecule has 4 heteroatoms. The van der Waals surface area contributed by atoms with E-state index in [4.69, 9.17) is 5.73 Å². The molecule has 0 fully saturated rings. The van der Waals surface area contributed by atoms with Crippen LogP contribution in [-0.4, -0.2) is 11.9 Å². The number of amides is 1. The van der Waals surface area contributed by atoms with Crippen molar-refractivity contribution >= 4 is 11.6 Å². The minimum atomic E-state index is -0.607. The Morgan fingerprint density at radius 2 is 2.12 bits per heavy atom. The first-order chi connectivity index (χ1) is 7.56. The average molecular weight is 224 g/mol. The Morgan fingerprint density at radius 3 is 2.69 bits per heavy atom. The van der Waals surface area contributed by atoms with E-state index in [-0.39, 0.29) is 17.5 Å². The topological polar surface area (TPSA) is 55.1 Å². The first-order valence-electron chi connectivity index (χ1n) is 5.37. The Morgan fingerprint density at radius 1 is 1.50 bits per heavy atom. The van der Waals surface area contributed by atoms with Crippen LogP contribution >= 0.6 is 0 Å². The summed E-state index contributed by atoms with van der Waals surface area (Å²) in [5.74, 6) is -0.724. The van der Waals surface area contributed by atoms with Crippen molar-refractivity contribution in [3.05, 3.63) is 30.1 Å². The number of para-hydroxylation sites is 1. The molecule has 1 unspecified atom stereocenters. The molecule has 0 heterocycles. The predicted molar refractivity (Wildman–Crippen MR) is 62.5 cm³/mol. The van der Waals surface area contributed by atoms with Crippen molar-refractivity contribution in [3.63, 3.8) is 0 Å². The van der Waals surface area contributed by atoms with Gasteiger partial charge in [0, 0.05) is 0 Å². The molecule has 3 nitrogen and oxygen atoms in total. The lowest BCUT2D eigenvalue weighted by Gasteiger charge is -2.17. The summed E-state index contributed by atoms with van der Waals surface area (Å²) < 4.78 is 13.2. The number of halogens is 1. The van der Waals surface area contributed by atoms with Gasteiger partial charge in [-0.2, -0.15) is 0 Å². The monoisotopic (exact) mass is 224 g/mol. The average Bonchev–Trinajstić information content (AvgIpc) is 2.30. The molecule has 2 atom stereocenters. The zero-order valence-corrected chi connectivity index (χ0v) is 9.53. The Kier molecular flexibility index (Phi) is 4.43. The molecule has 1 aromatic rings. The largest absolute Gasteiger partial charge is 0.322 e. The molecule has 16 heavy (non-hydrogen) atoms. The van der Waals surface area contributed by atoms with Crippen LogP contribution in [0.2, 0.25) is 0 Å². The summed E-state index contributed by atoms with van der Waals surface area (Å²) in [5.41, 5.74) is 5.91. The third-order valence-corrected chi connectivity index (χ3v) is 2.69. The van der Waals surface area contributed by atoms with Gasteiger partial charge in [-0.1, -0.05) is 32.4 Å². The second-order valence-electron chi connectivity index (χ2n) is 3.88. The van der Waals surface area contributed by atoms with Crippen LogP contribution in [0.1, 0.15) is 20.3 Å². The highest BCUT2D eigenvalue weighted by Crippen LogP contribution is 2.14. The van der Waals surface area contributed by atoms with Crippen LogP contribution in [0.4, 0.5) is 10.1 Å². The van der Waals surface area contributed by atoms with Crippen molar-refractivity contribution in [2.75, 3.05) is 5.32 Å². The quantitative estimate of drug-likeness (QED) is 0.823. The number of benzene rings is 1. The maximum Gasteiger partial charge on any atom is 0.241 e. The Hall–Kier alpha value is -1.42. The summed E-state index contributed by atoms with van der Waals surface area (Å²) in [6.07, 6.45) is 0.811. The van der Waals surface area contributed by atoms with Gasteiger partial charge in [0.15, 0.2) is 0 Å². The summed E-state index contributed by atoms with van der Waals surface area (Å²) in [6, 6.07) is 5.43. The predicted octanol–water partition coefficient (Wildman–Crippen LogP) is 2.14. The van der Waals surface area contributed by atoms with Crippen LogP contribution in [0.25, 0.3) is 0 Å². The van der Waals surface area contributed by atoms with Crippen LogP contribution in [-0.2, 0) is 4.79 Å². The van der Waals surface area contributed by atoms with Crippen molar-refractivity contribution in [3.8, 4) is 0 Å². The third kappa shape index (κ3) is 3.03. The van der Waals surface area contributed by atoms with E-state index in [1.165, 1.54) is 12.1 Å². The number of carbonyl (C=O) groups excluding carboxylic acids is 1. The van der Waals surface area contributed by atoms with E-state index in [9.17, 15) is 9.18 Å². The molecule has 0 aliphatic carbocycles. The highest BCUT2D eigenvalue weighted by atomic mass is 19.1. The first-order valence-corrected chi connectivity index (χ1v) is 5.37. The summed E-state index contributed by atoms with van der Waals surface area (Å²) in [4.78, 5) is 11.7. The molecule has 0 bridgehead atoms. The van der Waals surface area contributed by atoms with Gasteiger partial charge in [-0.05, 0) is 18.1 Å². The molecule has 88 valence electrons. The molecule has 1 amide bonds. The first kappa shape index (κ1) is 12.6. The minimum Gasteiger partial charge on any atom is -0.322 e. The molecular formula is C12H17FN2O. The lowest BCUT2D eigenvalue weighted by Crippen LogP contribution is -2.40. The van der Waals surface area contributed by atoms with Gasteiger partial charge in [0.1, 0.15) is 5.82 Å². The fourth-order valence-electron chi connectivity index (χ4n) is 1.29. The third-order valence-electron chi connectivity index (χ3n) is 2.69. The Bertz CT molecular complexity index is 368. The molecular weight excluding hydrogens is 207 g/mol. The molecule has 0 radical (unpaired) electrons. The fourth-order valence-corrected chi connectivity index (χ4v) is 1.29. The molecule has 0 saturated carbocycles. The van der Waals surface area contributed by atoms with Crippen LogP contribution in [0.5, 0.6) is 0 Å². The normalized spacial score (nSPS) is 14.2. The smallest absolute Gasteiger partial charge is 0.241 e. The number of rotatable bonds is 4. The minimum absolute atomic E-state index is 0.0757. The van der Waals surface area contributed by atoms with E-state index in [0.717, 1.165) is 6.42 Å². The van der Waals surface area contributed by atoms with Crippen molar-refractivity contribution < 1.29 is 9.18 Å². The second-order valence-corrected chi connectivity index (χ2v) is 3.88. The fraction of sp³-hybridized carbons (Fsp3) is 0.417. The standard InChI is InChI=1S/C12H17FN2O/c1-3-8(2)11(14)12(16)15-10-7-5-4-6-9(10)13/h4-8,11H,3,14H2,1-2H3,(H,15,16)/t8?,11-/m0/s1. The van der Waals surface area contributed by atoms with Crippen LogP contribution in [0, 0.1) is 11.7 Å². The number of carbonyl (C=O) groups is 1. The van der Waals surface area contributed by atoms with E-state index in [1.807, 2.05) is 13.8 Å². The zero-order valence-electron chi connectivity index (χ0n) is 9.53. The van der Waals surface area contributed by atoms with Gasteiger partial charge >= 0.3 is 0 Å². The van der Waals surface area contributed by atoms with Crippen LogP contribution < -0.4 is 11.1 Å². The number of hydrogen-bond donors (Lipinski definition) is 2. The van der Waals surface area contributed by atoms with E-state index >= 15 is 0 Å². The second kappa shape index (κ2) is 5.61. The van der Waals surface area contributed by atoms with Gasteiger partial charge in [-0.15, -0.1) is 0 Å². The highest BCUT2D eigenvalue weighted by Gasteiger charge is 2.20. The Labute approximate surface area is 94.8 Å². The molecule has 3 N–H and O–H groups in total. The van der Waals surface area contributed by atoms with Crippen LogP contribution in [0.3, 0.4) is 0 Å². The summed E-state index contributed by atoms with van der Waals surface area (Å²) >= 11 is 0. The molecule has 1 aromatic carbocycles. The van der Waals surface area contributed by atoms with Crippen molar-refractivity contribution in [2.45, 2.75) is 26.3 Å². The number of nitrogens with one attached hydrogen (secondary N) is 1. The van der Waals surface area contributed by atoms with Crippen molar-refractivity contribution in [2.24, 2.45) is 11.7 Å². The Balaban J connectivity index is 2.68. The lowest BCUT2D eigenvalue weighted by molar-refractivity contribution is -0.118. The number of hydrogen-bond acceptors (Lipinski definition) is 2. The molecule has 0 saturated heterocycles. The van der Waals surface area contributed by atoms with E-state index in [0.29, 0.717) is 0 Å². The summed E-state index contributed by atoms with van der Waals surface area (Å²) in [7, 11) is 0. The van der Waals surface area contributed by atoms with Gasteiger partial charge in [-0.3, -0.25) is 4.79 Å². The summed E-state index contributed by atoms with van der Waals surface area (Å²) in [5, 5.41) is 2.49. The number of nitrogens with two attached hydrogens (primary N) is 1. The van der Waals surface area contributed by atoms with Gasteiger partial charge in [0.05, 0.1) is 11.7 Å². The SMILES string of the molecule is CCC(C)[C@H](N)C(=O)Nc1ccccc1F. The zero-order chi connectivity index (χ0) is 12.1. The molecule has 0 aromatic heterocycles. The molecule has 1 rings (SSSR count). The maximum absolute atomic E-state index is 13.2. The highest BCUT2D eigenvalue weighted by molar-refractivity contribution is 5.94. The van der Waals surface area contributed by atoms with Crippen molar-refractivity contribution in [1.29, 1.82) is 0 Å². The number of anilines is 1. The van der Waals surface area contributed by atoms with Crippen molar-refractivity contribution in [1.82, 2.24) is 0 Å². The molecule has 0 spiro atoms. The van der Waals surface area contributed by atoms with Gasteiger partial charge in [0.2, 0.25) is 5.91 Å². The molecule has 0 aliphatic heterocycles. The van der Waals surface area contributed by atoms with E-state index in [1.54, 1.807) is 12.1 Å². The lowest BCUT2D eigenvalue weighted by atomic mass is 9.99. The molecule has 0 aliphatic rings. The van der Waals surface area contributed by atoms with Gasteiger partial charge in [-0.25, -0.2) is 4.39 Å².